The van der Waals surface area contributed by atoms with Crippen molar-refractivity contribution in [2.75, 3.05) is 13.6 Å². The summed E-state index contributed by atoms with van der Waals surface area (Å²) in [5, 5.41) is 4.21. The van der Waals surface area contributed by atoms with Gasteiger partial charge in [-0.1, -0.05) is 43.5 Å². The molecule has 2 heteroatoms. The van der Waals surface area contributed by atoms with Crippen molar-refractivity contribution in [1.29, 1.82) is 0 Å². The van der Waals surface area contributed by atoms with Gasteiger partial charge in [0.1, 0.15) is 0 Å². The molecule has 1 aromatic carbocycles. The first-order valence-corrected chi connectivity index (χ1v) is 6.98. The molecule has 0 radical (unpaired) electrons. The molecule has 0 heterocycles. The van der Waals surface area contributed by atoms with Crippen molar-refractivity contribution >= 4 is 11.6 Å². The Hall–Kier alpha value is -0.530. The van der Waals surface area contributed by atoms with E-state index in [-0.39, 0.29) is 0 Å². The zero-order chi connectivity index (χ0) is 12.3. The maximum Gasteiger partial charge on any atom is 0.0408 e. The first-order valence-electron chi connectivity index (χ1n) is 6.61. The number of hydrogen-bond acceptors (Lipinski definition) is 1. The molecule has 0 aliphatic heterocycles. The normalized spacial score (nSPS) is 27.8. The van der Waals surface area contributed by atoms with E-state index in [9.17, 15) is 0 Å². The van der Waals surface area contributed by atoms with Gasteiger partial charge in [0.25, 0.3) is 0 Å². The Morgan fingerprint density at radius 2 is 2.18 bits per heavy atom. The van der Waals surface area contributed by atoms with Crippen LogP contribution in [0.2, 0.25) is 5.02 Å². The lowest BCUT2D eigenvalue weighted by Crippen LogP contribution is -2.47. The Balaban J connectivity index is 2.14. The van der Waals surface area contributed by atoms with Crippen LogP contribution < -0.4 is 5.32 Å². The molecule has 1 N–H and O–H groups in total. The smallest absolute Gasteiger partial charge is 0.0408 e. The van der Waals surface area contributed by atoms with Gasteiger partial charge in [0.15, 0.2) is 0 Å². The molecule has 0 atom stereocenters. The predicted octanol–water partition coefficient (Wildman–Crippen LogP) is 4.01. The van der Waals surface area contributed by atoms with Gasteiger partial charge in [0, 0.05) is 17.0 Å². The van der Waals surface area contributed by atoms with Gasteiger partial charge >= 0.3 is 0 Å². The average Bonchev–Trinajstić information content (AvgIpc) is 2.26. The minimum atomic E-state index is 0.333. The third-order valence-corrected chi connectivity index (χ3v) is 4.24. The van der Waals surface area contributed by atoms with Crippen molar-refractivity contribution in [3.05, 3.63) is 34.9 Å². The van der Waals surface area contributed by atoms with Gasteiger partial charge < -0.3 is 5.32 Å². The Labute approximate surface area is 110 Å². The Kier molecular flexibility index (Phi) is 4.11. The molecule has 1 aliphatic rings. The summed E-state index contributed by atoms with van der Waals surface area (Å²) in [5.41, 5.74) is 1.74. The van der Waals surface area contributed by atoms with Gasteiger partial charge in [-0.15, -0.1) is 0 Å². The van der Waals surface area contributed by atoms with Crippen molar-refractivity contribution in [2.45, 2.75) is 38.0 Å². The van der Waals surface area contributed by atoms with Crippen LogP contribution in [-0.4, -0.2) is 13.6 Å². The van der Waals surface area contributed by atoms with Crippen LogP contribution in [0.5, 0.6) is 0 Å². The minimum absolute atomic E-state index is 0.333. The van der Waals surface area contributed by atoms with Crippen LogP contribution in [-0.2, 0) is 5.41 Å². The molecule has 0 amide bonds. The van der Waals surface area contributed by atoms with Crippen molar-refractivity contribution < 1.29 is 0 Å². The molecule has 0 unspecified atom stereocenters. The molecule has 0 bridgehead atoms. The van der Waals surface area contributed by atoms with E-state index in [1.165, 1.54) is 31.2 Å². The number of halogens is 1. The zero-order valence-corrected chi connectivity index (χ0v) is 11.6. The Morgan fingerprint density at radius 3 is 2.76 bits per heavy atom. The lowest BCUT2D eigenvalue weighted by Gasteiger charge is -2.48. The molecule has 0 saturated heterocycles. The van der Waals surface area contributed by atoms with Crippen LogP contribution in [0, 0.1) is 5.92 Å². The van der Waals surface area contributed by atoms with Crippen LogP contribution in [0.4, 0.5) is 0 Å². The lowest BCUT2D eigenvalue weighted by atomic mass is 9.57. The summed E-state index contributed by atoms with van der Waals surface area (Å²) in [6, 6.07) is 8.40. The number of benzene rings is 1. The van der Waals surface area contributed by atoms with Crippen molar-refractivity contribution in [1.82, 2.24) is 5.32 Å². The summed E-state index contributed by atoms with van der Waals surface area (Å²) < 4.78 is 0. The maximum atomic E-state index is 6.11. The number of hydrogen-bond donors (Lipinski definition) is 1. The molecule has 17 heavy (non-hydrogen) atoms. The lowest BCUT2D eigenvalue weighted by molar-refractivity contribution is 0.131. The monoisotopic (exact) mass is 251 g/mol. The minimum Gasteiger partial charge on any atom is -0.319 e. The van der Waals surface area contributed by atoms with Gasteiger partial charge in [0.05, 0.1) is 0 Å². The molecule has 1 aromatic rings. The number of rotatable bonds is 5. The van der Waals surface area contributed by atoms with Crippen molar-refractivity contribution in [3.63, 3.8) is 0 Å². The van der Waals surface area contributed by atoms with E-state index in [0.717, 1.165) is 17.5 Å². The summed E-state index contributed by atoms with van der Waals surface area (Å²) in [6.45, 7) is 3.34. The van der Waals surface area contributed by atoms with Crippen LogP contribution >= 0.6 is 11.6 Å². The van der Waals surface area contributed by atoms with Crippen LogP contribution in [0.3, 0.4) is 0 Å². The largest absolute Gasteiger partial charge is 0.319 e. The standard InChI is InChI=1S/C15H22ClN/c1-3-5-12-9-15(10-12,11-17-2)13-6-4-7-14(16)8-13/h4,6-8,12,17H,3,5,9-11H2,1-2H3. The molecule has 0 aromatic heterocycles. The number of likely N-dealkylation sites (N-methyl/N-ethyl adjacent to an activating group) is 1. The predicted molar refractivity (Wildman–Crippen MR) is 74.7 cm³/mol. The first kappa shape index (κ1) is 12.9. The second-order valence-electron chi connectivity index (χ2n) is 5.38. The summed E-state index contributed by atoms with van der Waals surface area (Å²) in [7, 11) is 2.04. The van der Waals surface area contributed by atoms with Crippen LogP contribution in [0.1, 0.15) is 38.2 Å². The van der Waals surface area contributed by atoms with Crippen LogP contribution in [0.15, 0.2) is 24.3 Å². The highest BCUT2D eigenvalue weighted by molar-refractivity contribution is 6.30. The van der Waals surface area contributed by atoms with Crippen molar-refractivity contribution in [3.8, 4) is 0 Å². The van der Waals surface area contributed by atoms with Crippen LogP contribution in [0.25, 0.3) is 0 Å². The topological polar surface area (TPSA) is 12.0 Å². The molecule has 1 nitrogen and oxygen atoms in total. The molecule has 1 saturated carbocycles. The van der Waals surface area contributed by atoms with E-state index in [4.69, 9.17) is 11.6 Å². The highest BCUT2D eigenvalue weighted by Gasteiger charge is 2.44. The maximum absolute atomic E-state index is 6.11. The molecule has 2 rings (SSSR count). The first-order chi connectivity index (χ1) is 8.20. The second kappa shape index (κ2) is 5.41. The van der Waals surface area contributed by atoms with E-state index < -0.39 is 0 Å². The summed E-state index contributed by atoms with van der Waals surface area (Å²) in [6.07, 6.45) is 5.28. The molecule has 94 valence electrons. The molecular weight excluding hydrogens is 230 g/mol. The average molecular weight is 252 g/mol. The summed E-state index contributed by atoms with van der Waals surface area (Å²) in [4.78, 5) is 0. The third kappa shape index (κ3) is 2.66. The second-order valence-corrected chi connectivity index (χ2v) is 5.82. The van der Waals surface area contributed by atoms with E-state index in [1.54, 1.807) is 0 Å². The summed E-state index contributed by atoms with van der Waals surface area (Å²) in [5.74, 6) is 0.910. The van der Waals surface area contributed by atoms with Gasteiger partial charge in [-0.2, -0.15) is 0 Å². The molecular formula is C15H22ClN. The molecule has 1 fully saturated rings. The number of nitrogens with one attached hydrogen (secondary N) is 1. The van der Waals surface area contributed by atoms with E-state index in [2.05, 4.69) is 30.4 Å². The van der Waals surface area contributed by atoms with Gasteiger partial charge in [0.2, 0.25) is 0 Å². The van der Waals surface area contributed by atoms with E-state index in [1.807, 2.05) is 13.1 Å². The third-order valence-electron chi connectivity index (χ3n) is 4.01. The highest BCUT2D eigenvalue weighted by Crippen LogP contribution is 2.49. The Bertz CT molecular complexity index is 369. The fourth-order valence-corrected chi connectivity index (χ4v) is 3.49. The highest BCUT2D eigenvalue weighted by atomic mass is 35.5. The van der Waals surface area contributed by atoms with Gasteiger partial charge in [-0.3, -0.25) is 0 Å². The van der Waals surface area contributed by atoms with E-state index in [0.29, 0.717) is 5.41 Å². The summed E-state index contributed by atoms with van der Waals surface area (Å²) >= 11 is 6.11. The molecule has 1 aliphatic carbocycles. The molecule has 0 spiro atoms. The Morgan fingerprint density at radius 1 is 1.41 bits per heavy atom. The fourth-order valence-electron chi connectivity index (χ4n) is 3.30. The fraction of sp³-hybridized carbons (Fsp3) is 0.600. The van der Waals surface area contributed by atoms with Gasteiger partial charge in [-0.05, 0) is 43.5 Å². The quantitative estimate of drug-likeness (QED) is 0.834. The van der Waals surface area contributed by atoms with Crippen molar-refractivity contribution in [2.24, 2.45) is 5.92 Å². The van der Waals surface area contributed by atoms with Gasteiger partial charge in [-0.25, -0.2) is 0 Å². The zero-order valence-electron chi connectivity index (χ0n) is 10.8. The van der Waals surface area contributed by atoms with E-state index >= 15 is 0 Å². The SMILES string of the molecule is CCCC1CC(CNC)(c2cccc(Cl)c2)C1.